The Bertz CT molecular complexity index is 371. The standard InChI is InChI=1S/C15H23NO2/c1-18-15-9-8-14(10-12(15)11-17)16-13-6-4-2-3-5-7-13/h8-10,13,16-17H,2-7,11H2,1H3. The molecule has 2 N–H and O–H groups in total. The summed E-state index contributed by atoms with van der Waals surface area (Å²) in [4.78, 5) is 0. The number of aliphatic hydroxyl groups is 1. The highest BCUT2D eigenvalue weighted by Gasteiger charge is 2.12. The normalized spacial score (nSPS) is 17.2. The molecule has 0 bridgehead atoms. The van der Waals surface area contributed by atoms with Crippen LogP contribution < -0.4 is 10.1 Å². The lowest BCUT2D eigenvalue weighted by molar-refractivity contribution is 0.274. The average molecular weight is 249 g/mol. The minimum Gasteiger partial charge on any atom is -0.496 e. The summed E-state index contributed by atoms with van der Waals surface area (Å²) < 4.78 is 5.21. The van der Waals surface area contributed by atoms with Gasteiger partial charge < -0.3 is 15.2 Å². The maximum atomic E-state index is 9.32. The number of aliphatic hydroxyl groups excluding tert-OH is 1. The number of ether oxygens (including phenoxy) is 1. The summed E-state index contributed by atoms with van der Waals surface area (Å²) >= 11 is 0. The van der Waals surface area contributed by atoms with Gasteiger partial charge in [-0.15, -0.1) is 0 Å². The maximum Gasteiger partial charge on any atom is 0.124 e. The van der Waals surface area contributed by atoms with Crippen LogP contribution in [0.25, 0.3) is 0 Å². The first-order chi connectivity index (χ1) is 8.83. The lowest BCUT2D eigenvalue weighted by Crippen LogP contribution is -2.18. The van der Waals surface area contributed by atoms with Crippen LogP contribution in [0.1, 0.15) is 44.1 Å². The SMILES string of the molecule is COc1ccc(NC2CCCCCC2)cc1CO. The Kier molecular flexibility index (Phi) is 4.88. The second kappa shape index (κ2) is 6.64. The lowest BCUT2D eigenvalue weighted by atomic mass is 10.1. The summed E-state index contributed by atoms with van der Waals surface area (Å²) in [7, 11) is 1.63. The third-order valence-electron chi connectivity index (χ3n) is 3.68. The number of benzene rings is 1. The summed E-state index contributed by atoms with van der Waals surface area (Å²) in [5.74, 6) is 0.754. The van der Waals surface area contributed by atoms with Crippen LogP contribution in [0.3, 0.4) is 0 Å². The summed E-state index contributed by atoms with van der Waals surface area (Å²) in [6.07, 6.45) is 7.87. The molecule has 0 amide bonds. The molecular formula is C15H23NO2. The van der Waals surface area contributed by atoms with Gasteiger partial charge in [0, 0.05) is 17.3 Å². The van der Waals surface area contributed by atoms with Gasteiger partial charge in [-0.05, 0) is 31.0 Å². The van der Waals surface area contributed by atoms with Crippen LogP contribution in [0, 0.1) is 0 Å². The fourth-order valence-corrected chi connectivity index (χ4v) is 2.65. The first kappa shape index (κ1) is 13.2. The molecule has 0 aromatic heterocycles. The Balaban J connectivity index is 2.03. The molecule has 1 aromatic carbocycles. The summed E-state index contributed by atoms with van der Waals surface area (Å²) in [5.41, 5.74) is 1.93. The molecule has 3 nitrogen and oxygen atoms in total. The highest BCUT2D eigenvalue weighted by Crippen LogP contribution is 2.25. The Labute approximate surface area is 109 Å². The minimum absolute atomic E-state index is 0.0172. The van der Waals surface area contributed by atoms with Gasteiger partial charge in [0.2, 0.25) is 0 Å². The molecule has 100 valence electrons. The Hall–Kier alpha value is -1.22. The molecule has 0 heterocycles. The number of anilines is 1. The molecular weight excluding hydrogens is 226 g/mol. The molecule has 0 spiro atoms. The van der Waals surface area contributed by atoms with Gasteiger partial charge in [0.1, 0.15) is 5.75 Å². The van der Waals surface area contributed by atoms with Crippen LogP contribution in [0.2, 0.25) is 0 Å². The Morgan fingerprint density at radius 2 is 1.94 bits per heavy atom. The van der Waals surface area contributed by atoms with Crippen molar-refractivity contribution in [3.05, 3.63) is 23.8 Å². The zero-order valence-electron chi connectivity index (χ0n) is 11.1. The van der Waals surface area contributed by atoms with Crippen molar-refractivity contribution < 1.29 is 9.84 Å². The molecule has 0 radical (unpaired) electrons. The van der Waals surface area contributed by atoms with E-state index in [9.17, 15) is 5.11 Å². The van der Waals surface area contributed by atoms with E-state index >= 15 is 0 Å². The van der Waals surface area contributed by atoms with Gasteiger partial charge >= 0.3 is 0 Å². The maximum absolute atomic E-state index is 9.32. The highest BCUT2D eigenvalue weighted by atomic mass is 16.5. The largest absolute Gasteiger partial charge is 0.496 e. The van der Waals surface area contributed by atoms with E-state index in [0.29, 0.717) is 6.04 Å². The molecule has 3 heteroatoms. The lowest BCUT2D eigenvalue weighted by Gasteiger charge is -2.18. The van der Waals surface area contributed by atoms with Crippen LogP contribution in [0.5, 0.6) is 5.75 Å². The van der Waals surface area contributed by atoms with Crippen molar-refractivity contribution in [3.63, 3.8) is 0 Å². The summed E-state index contributed by atoms with van der Waals surface area (Å²) in [6, 6.07) is 6.52. The number of nitrogens with one attached hydrogen (secondary N) is 1. The molecule has 1 fully saturated rings. The van der Waals surface area contributed by atoms with Crippen LogP contribution in [-0.4, -0.2) is 18.3 Å². The van der Waals surface area contributed by atoms with Gasteiger partial charge in [-0.2, -0.15) is 0 Å². The topological polar surface area (TPSA) is 41.5 Å². The van der Waals surface area contributed by atoms with Crippen LogP contribution in [0.4, 0.5) is 5.69 Å². The van der Waals surface area contributed by atoms with E-state index in [1.807, 2.05) is 18.2 Å². The predicted octanol–water partition coefficient (Wildman–Crippen LogP) is 3.32. The van der Waals surface area contributed by atoms with Crippen molar-refractivity contribution >= 4 is 5.69 Å². The van der Waals surface area contributed by atoms with Crippen molar-refractivity contribution in [2.75, 3.05) is 12.4 Å². The van der Waals surface area contributed by atoms with E-state index in [0.717, 1.165) is 17.0 Å². The van der Waals surface area contributed by atoms with Gasteiger partial charge in [0.05, 0.1) is 13.7 Å². The molecule has 2 rings (SSSR count). The molecule has 0 aliphatic heterocycles. The molecule has 0 saturated heterocycles. The smallest absolute Gasteiger partial charge is 0.124 e. The Morgan fingerprint density at radius 3 is 2.56 bits per heavy atom. The number of rotatable bonds is 4. The first-order valence-corrected chi connectivity index (χ1v) is 6.88. The van der Waals surface area contributed by atoms with E-state index in [-0.39, 0.29) is 6.61 Å². The first-order valence-electron chi connectivity index (χ1n) is 6.88. The zero-order chi connectivity index (χ0) is 12.8. The van der Waals surface area contributed by atoms with Gasteiger partial charge in [-0.25, -0.2) is 0 Å². The second-order valence-corrected chi connectivity index (χ2v) is 5.02. The fraction of sp³-hybridized carbons (Fsp3) is 0.600. The van der Waals surface area contributed by atoms with E-state index in [2.05, 4.69) is 5.32 Å². The van der Waals surface area contributed by atoms with Crippen LogP contribution >= 0.6 is 0 Å². The molecule has 18 heavy (non-hydrogen) atoms. The zero-order valence-corrected chi connectivity index (χ0v) is 11.1. The van der Waals surface area contributed by atoms with Crippen LogP contribution in [-0.2, 0) is 6.61 Å². The Morgan fingerprint density at radius 1 is 1.22 bits per heavy atom. The highest BCUT2D eigenvalue weighted by molar-refractivity contribution is 5.51. The number of hydrogen-bond donors (Lipinski definition) is 2. The van der Waals surface area contributed by atoms with Crippen LogP contribution in [0.15, 0.2) is 18.2 Å². The monoisotopic (exact) mass is 249 g/mol. The third-order valence-corrected chi connectivity index (χ3v) is 3.68. The van der Waals surface area contributed by atoms with Gasteiger partial charge in [-0.1, -0.05) is 25.7 Å². The average Bonchev–Trinajstić information content (AvgIpc) is 2.67. The third kappa shape index (κ3) is 3.39. The van der Waals surface area contributed by atoms with Crippen molar-refractivity contribution in [2.45, 2.75) is 51.2 Å². The van der Waals surface area contributed by atoms with E-state index in [1.165, 1.54) is 38.5 Å². The second-order valence-electron chi connectivity index (χ2n) is 5.02. The van der Waals surface area contributed by atoms with Crippen molar-refractivity contribution in [2.24, 2.45) is 0 Å². The molecule has 0 atom stereocenters. The van der Waals surface area contributed by atoms with Crippen molar-refractivity contribution in [1.29, 1.82) is 0 Å². The molecule has 0 unspecified atom stereocenters. The molecule has 1 aliphatic rings. The number of hydrogen-bond acceptors (Lipinski definition) is 3. The van der Waals surface area contributed by atoms with Gasteiger partial charge in [-0.3, -0.25) is 0 Å². The molecule has 1 aliphatic carbocycles. The van der Waals surface area contributed by atoms with Crippen molar-refractivity contribution in [3.8, 4) is 5.75 Å². The van der Waals surface area contributed by atoms with Crippen molar-refractivity contribution in [1.82, 2.24) is 0 Å². The van der Waals surface area contributed by atoms with E-state index in [1.54, 1.807) is 7.11 Å². The van der Waals surface area contributed by atoms with E-state index in [4.69, 9.17) is 4.74 Å². The minimum atomic E-state index is 0.0172. The quantitative estimate of drug-likeness (QED) is 0.804. The summed E-state index contributed by atoms with van der Waals surface area (Å²) in [6.45, 7) is 0.0172. The van der Waals surface area contributed by atoms with Gasteiger partial charge in [0.25, 0.3) is 0 Å². The predicted molar refractivity (Wildman–Crippen MR) is 74.0 cm³/mol. The molecule has 1 saturated carbocycles. The molecule has 1 aromatic rings. The number of methoxy groups -OCH3 is 1. The fourth-order valence-electron chi connectivity index (χ4n) is 2.65. The van der Waals surface area contributed by atoms with E-state index < -0.39 is 0 Å². The summed E-state index contributed by atoms with van der Waals surface area (Å²) in [5, 5.41) is 12.9. The van der Waals surface area contributed by atoms with Gasteiger partial charge in [0.15, 0.2) is 0 Å².